The Balaban J connectivity index is 2.45. The Hall–Kier alpha value is -2.47. The Labute approximate surface area is 159 Å². The van der Waals surface area contributed by atoms with Crippen LogP contribution in [0.5, 0.6) is 0 Å². The number of hydrogen-bond acceptors (Lipinski definition) is 8. The second-order valence-corrected chi connectivity index (χ2v) is 8.50. The summed E-state index contributed by atoms with van der Waals surface area (Å²) in [4.78, 5) is 36.5. The van der Waals surface area contributed by atoms with Crippen LogP contribution in [0.4, 0.5) is 4.79 Å². The third-order valence-corrected chi connectivity index (χ3v) is 6.29. The predicted octanol–water partition coefficient (Wildman–Crippen LogP) is 1.03. The summed E-state index contributed by atoms with van der Waals surface area (Å²) in [6.45, 7) is 6.48. The zero-order valence-corrected chi connectivity index (χ0v) is 17.1. The maximum atomic E-state index is 12.8. The van der Waals surface area contributed by atoms with E-state index in [1.807, 2.05) is 0 Å². The summed E-state index contributed by atoms with van der Waals surface area (Å²) in [6, 6.07) is -1.24. The maximum absolute atomic E-state index is 12.8. The first-order chi connectivity index (χ1) is 12.5. The number of rotatable bonds is 5. The number of hydrogen-bond donors (Lipinski definition) is 1. The van der Waals surface area contributed by atoms with Crippen LogP contribution in [-0.4, -0.2) is 40.9 Å². The molecule has 0 unspecified atom stereocenters. The number of aromatic nitrogens is 3. The average molecular weight is 416 g/mol. The number of nitrogens with zero attached hydrogens (tertiary/aromatic N) is 3. The highest BCUT2D eigenvalue weighted by Gasteiger charge is 2.31. The number of carbonyl (C=O) groups is 2. The number of aryl methyl sites for hydroxylation is 2. The molecule has 0 fully saturated rings. The van der Waals surface area contributed by atoms with Crippen molar-refractivity contribution in [3.05, 3.63) is 32.1 Å². The van der Waals surface area contributed by atoms with Crippen molar-refractivity contribution >= 4 is 33.4 Å². The molecule has 2 aromatic heterocycles. The second-order valence-electron chi connectivity index (χ2n) is 5.92. The van der Waals surface area contributed by atoms with Gasteiger partial charge < -0.3 is 4.74 Å². The van der Waals surface area contributed by atoms with Crippen molar-refractivity contribution in [1.29, 1.82) is 0 Å². The molecule has 0 bridgehead atoms. The Morgan fingerprint density at radius 2 is 2.00 bits per heavy atom. The van der Waals surface area contributed by atoms with Gasteiger partial charge in [0.2, 0.25) is 0 Å². The number of ether oxygens (including phenoxy) is 1. The maximum Gasteiger partial charge on any atom is 0.360 e. The summed E-state index contributed by atoms with van der Waals surface area (Å²) in [7, 11) is -3.04. The number of sulfonamides is 1. The van der Waals surface area contributed by atoms with E-state index < -0.39 is 33.8 Å². The predicted molar refractivity (Wildman–Crippen MR) is 97.6 cm³/mol. The highest BCUT2D eigenvalue weighted by molar-refractivity contribution is 7.90. The molecule has 2 rings (SSSR count). The van der Waals surface area contributed by atoms with Crippen molar-refractivity contribution in [2.24, 2.45) is 7.05 Å². The molecule has 1 amide bonds. The van der Waals surface area contributed by atoms with Crippen LogP contribution in [0.25, 0.3) is 0 Å². The minimum Gasteiger partial charge on any atom is -0.459 e. The number of esters is 1. The molecule has 0 atom stereocenters. The normalized spacial score (nSPS) is 11.6. The van der Waals surface area contributed by atoms with Crippen LogP contribution in [0, 0.1) is 6.92 Å². The van der Waals surface area contributed by atoms with Gasteiger partial charge in [-0.3, -0.25) is 4.57 Å². The lowest BCUT2D eigenvalue weighted by atomic mass is 10.3. The Morgan fingerprint density at radius 1 is 1.37 bits per heavy atom. The third kappa shape index (κ3) is 4.11. The van der Waals surface area contributed by atoms with Gasteiger partial charge in [0.25, 0.3) is 10.0 Å². The van der Waals surface area contributed by atoms with Crippen LogP contribution in [0.2, 0.25) is 0 Å². The summed E-state index contributed by atoms with van der Waals surface area (Å²) in [5.74, 6) is -0.571. The first-order valence-corrected chi connectivity index (χ1v) is 10.4. The van der Waals surface area contributed by atoms with Gasteiger partial charge in [0.15, 0.2) is 0 Å². The standard InChI is InChI=1S/C15H20N4O6S2/c1-6-11-12(10(7-26-11)13(20)25-8(2)3)27(23,24)17-14(21)19-15(22)18(5)9(4)16-19/h7-8H,6H2,1-5H3,(H,17,21). The van der Waals surface area contributed by atoms with Gasteiger partial charge in [-0.1, -0.05) is 6.92 Å². The molecule has 27 heavy (non-hydrogen) atoms. The zero-order chi connectivity index (χ0) is 20.5. The van der Waals surface area contributed by atoms with E-state index in [4.69, 9.17) is 4.74 Å². The van der Waals surface area contributed by atoms with Crippen molar-refractivity contribution in [3.8, 4) is 0 Å². The van der Waals surface area contributed by atoms with E-state index in [-0.39, 0.29) is 16.3 Å². The van der Waals surface area contributed by atoms with E-state index in [1.54, 1.807) is 25.5 Å². The molecule has 0 saturated carbocycles. The van der Waals surface area contributed by atoms with Gasteiger partial charge in [-0.15, -0.1) is 21.1 Å². The van der Waals surface area contributed by atoms with Gasteiger partial charge in [0.05, 0.1) is 11.7 Å². The van der Waals surface area contributed by atoms with E-state index >= 15 is 0 Å². The molecule has 12 heteroatoms. The van der Waals surface area contributed by atoms with Gasteiger partial charge in [0.1, 0.15) is 10.7 Å². The molecule has 1 N–H and O–H groups in total. The van der Waals surface area contributed by atoms with E-state index in [9.17, 15) is 22.8 Å². The monoisotopic (exact) mass is 416 g/mol. The summed E-state index contributed by atoms with van der Waals surface area (Å²) in [5.41, 5.74) is -0.948. The van der Waals surface area contributed by atoms with Crippen molar-refractivity contribution in [2.45, 2.75) is 45.1 Å². The summed E-state index contributed by atoms with van der Waals surface area (Å²) in [6.07, 6.45) is -0.116. The largest absolute Gasteiger partial charge is 0.459 e. The van der Waals surface area contributed by atoms with Crippen LogP contribution in [0.15, 0.2) is 15.1 Å². The highest BCUT2D eigenvalue weighted by Crippen LogP contribution is 2.29. The van der Waals surface area contributed by atoms with Crippen LogP contribution in [0.1, 0.15) is 41.8 Å². The molecule has 2 heterocycles. The molecule has 148 valence electrons. The fourth-order valence-corrected chi connectivity index (χ4v) is 4.92. The summed E-state index contributed by atoms with van der Waals surface area (Å²) < 4.78 is 34.0. The van der Waals surface area contributed by atoms with E-state index in [1.165, 1.54) is 19.4 Å². The molecule has 2 aromatic rings. The van der Waals surface area contributed by atoms with Gasteiger partial charge in [-0.25, -0.2) is 27.5 Å². The minimum atomic E-state index is -4.44. The topological polar surface area (TPSA) is 129 Å². The lowest BCUT2D eigenvalue weighted by molar-refractivity contribution is 0.0374. The fraction of sp³-hybridized carbons (Fsp3) is 0.467. The molecule has 0 aliphatic heterocycles. The van der Waals surface area contributed by atoms with E-state index in [2.05, 4.69) is 5.10 Å². The van der Waals surface area contributed by atoms with Crippen LogP contribution in [-0.2, 0) is 28.2 Å². The molecule has 0 spiro atoms. The third-order valence-electron chi connectivity index (χ3n) is 3.58. The molecular formula is C15H20N4O6S2. The Kier molecular flexibility index (Phi) is 5.90. The van der Waals surface area contributed by atoms with Gasteiger partial charge in [0, 0.05) is 17.3 Å². The highest BCUT2D eigenvalue weighted by atomic mass is 32.2. The van der Waals surface area contributed by atoms with Crippen LogP contribution < -0.4 is 10.4 Å². The second kappa shape index (κ2) is 7.64. The quantitative estimate of drug-likeness (QED) is 0.721. The number of carbonyl (C=O) groups excluding carboxylic acids is 2. The first-order valence-electron chi connectivity index (χ1n) is 8.00. The minimum absolute atomic E-state index is 0.157. The molecule has 0 aromatic carbocycles. The fourth-order valence-electron chi connectivity index (χ4n) is 2.22. The van der Waals surface area contributed by atoms with Crippen LogP contribution >= 0.6 is 11.3 Å². The SMILES string of the molecule is CCc1scc(C(=O)OC(C)C)c1S(=O)(=O)NC(=O)n1nc(C)n(C)c1=O. The molecule has 0 aliphatic carbocycles. The Morgan fingerprint density at radius 3 is 2.48 bits per heavy atom. The van der Waals surface area contributed by atoms with Crippen molar-refractivity contribution in [1.82, 2.24) is 19.1 Å². The molecule has 0 aliphatic rings. The van der Waals surface area contributed by atoms with Gasteiger partial charge >= 0.3 is 17.7 Å². The van der Waals surface area contributed by atoms with Gasteiger partial charge in [-0.05, 0) is 27.2 Å². The van der Waals surface area contributed by atoms with Crippen molar-refractivity contribution in [3.63, 3.8) is 0 Å². The summed E-state index contributed by atoms with van der Waals surface area (Å²) in [5, 5.41) is 5.09. The number of amides is 1. The molecule has 10 nitrogen and oxygen atoms in total. The van der Waals surface area contributed by atoms with Gasteiger partial charge in [-0.2, -0.15) is 0 Å². The number of nitrogens with one attached hydrogen (secondary N) is 1. The smallest absolute Gasteiger partial charge is 0.360 e. The molecule has 0 radical (unpaired) electrons. The average Bonchev–Trinajstić information content (AvgIpc) is 3.11. The van der Waals surface area contributed by atoms with E-state index in [0.29, 0.717) is 16.0 Å². The lowest BCUT2D eigenvalue weighted by Crippen LogP contribution is -2.40. The molecular weight excluding hydrogens is 396 g/mol. The lowest BCUT2D eigenvalue weighted by Gasteiger charge is -2.11. The van der Waals surface area contributed by atoms with Crippen LogP contribution in [0.3, 0.4) is 0 Å². The molecule has 0 saturated heterocycles. The Bertz CT molecular complexity index is 1050. The number of thiophene rings is 1. The van der Waals surface area contributed by atoms with Crippen molar-refractivity contribution < 1.29 is 22.7 Å². The summed E-state index contributed by atoms with van der Waals surface area (Å²) >= 11 is 1.07. The first kappa shape index (κ1) is 20.8. The zero-order valence-electron chi connectivity index (χ0n) is 15.5. The van der Waals surface area contributed by atoms with Crippen molar-refractivity contribution in [2.75, 3.05) is 0 Å². The van der Waals surface area contributed by atoms with E-state index in [0.717, 1.165) is 15.9 Å².